The second-order valence-electron chi connectivity index (χ2n) is 6.64. The van der Waals surface area contributed by atoms with Crippen LogP contribution in [0, 0.1) is 0 Å². The summed E-state index contributed by atoms with van der Waals surface area (Å²) in [5, 5.41) is 14.6. The smallest absolute Gasteiger partial charge is 0.253 e. The topological polar surface area (TPSA) is 88.9 Å². The molecular weight excluding hydrogens is 362 g/mol. The SMILES string of the molecule is CCCCCn1cnnc1SCC(=O)Nc1ccccc1C(=O)NC1CC1. The van der Waals surface area contributed by atoms with Crippen molar-refractivity contribution in [3.05, 3.63) is 36.2 Å². The van der Waals surface area contributed by atoms with Crippen LogP contribution in [0.4, 0.5) is 5.69 Å². The van der Waals surface area contributed by atoms with E-state index in [9.17, 15) is 9.59 Å². The van der Waals surface area contributed by atoms with Crippen LogP contribution in [0.2, 0.25) is 0 Å². The number of carbonyl (C=O) groups excluding carboxylic acids is 2. The Morgan fingerprint density at radius 1 is 1.26 bits per heavy atom. The van der Waals surface area contributed by atoms with Crippen molar-refractivity contribution in [1.29, 1.82) is 0 Å². The van der Waals surface area contributed by atoms with E-state index in [-0.39, 0.29) is 23.6 Å². The minimum atomic E-state index is -0.171. The minimum Gasteiger partial charge on any atom is -0.349 e. The number of nitrogens with zero attached hydrogens (tertiary/aromatic N) is 3. The molecule has 7 nitrogen and oxygen atoms in total. The lowest BCUT2D eigenvalue weighted by Crippen LogP contribution is -2.27. The van der Waals surface area contributed by atoms with E-state index in [1.165, 1.54) is 11.8 Å². The Labute approximate surface area is 163 Å². The fourth-order valence-corrected chi connectivity index (χ4v) is 3.38. The zero-order valence-corrected chi connectivity index (χ0v) is 16.3. The van der Waals surface area contributed by atoms with E-state index in [0.29, 0.717) is 11.3 Å². The monoisotopic (exact) mass is 387 g/mol. The summed E-state index contributed by atoms with van der Waals surface area (Å²) in [4.78, 5) is 24.7. The van der Waals surface area contributed by atoms with E-state index in [1.54, 1.807) is 30.6 Å². The van der Waals surface area contributed by atoms with Gasteiger partial charge in [-0.1, -0.05) is 43.7 Å². The van der Waals surface area contributed by atoms with Crippen LogP contribution in [0.5, 0.6) is 0 Å². The molecule has 27 heavy (non-hydrogen) atoms. The number of benzene rings is 1. The Morgan fingerprint density at radius 3 is 2.85 bits per heavy atom. The summed E-state index contributed by atoms with van der Waals surface area (Å²) < 4.78 is 1.98. The fourth-order valence-electron chi connectivity index (χ4n) is 2.64. The summed E-state index contributed by atoms with van der Waals surface area (Å²) in [6, 6.07) is 7.35. The molecule has 1 aliphatic carbocycles. The third-order valence-electron chi connectivity index (χ3n) is 4.27. The van der Waals surface area contributed by atoms with Crippen LogP contribution in [-0.2, 0) is 11.3 Å². The van der Waals surface area contributed by atoms with Gasteiger partial charge >= 0.3 is 0 Å². The average Bonchev–Trinajstić information content (AvgIpc) is 3.36. The zero-order valence-electron chi connectivity index (χ0n) is 15.5. The van der Waals surface area contributed by atoms with Crippen LogP contribution in [0.15, 0.2) is 35.7 Å². The molecule has 3 rings (SSSR count). The highest BCUT2D eigenvalue weighted by Gasteiger charge is 2.25. The van der Waals surface area contributed by atoms with Crippen LogP contribution in [-0.4, -0.2) is 38.4 Å². The second-order valence-corrected chi connectivity index (χ2v) is 7.59. The third kappa shape index (κ3) is 5.82. The number of nitrogens with one attached hydrogen (secondary N) is 2. The number of carbonyl (C=O) groups is 2. The van der Waals surface area contributed by atoms with E-state index in [0.717, 1.165) is 43.8 Å². The van der Waals surface area contributed by atoms with Gasteiger partial charge in [-0.15, -0.1) is 10.2 Å². The van der Waals surface area contributed by atoms with Gasteiger partial charge in [-0.05, 0) is 31.4 Å². The number of unbranched alkanes of at least 4 members (excludes halogenated alkanes) is 2. The van der Waals surface area contributed by atoms with Crippen LogP contribution < -0.4 is 10.6 Å². The lowest BCUT2D eigenvalue weighted by atomic mass is 10.1. The van der Waals surface area contributed by atoms with Gasteiger partial charge in [0.25, 0.3) is 5.91 Å². The van der Waals surface area contributed by atoms with Gasteiger partial charge < -0.3 is 15.2 Å². The summed E-state index contributed by atoms with van der Waals surface area (Å²) >= 11 is 1.35. The number of amides is 2. The van der Waals surface area contributed by atoms with E-state index in [1.807, 2.05) is 4.57 Å². The van der Waals surface area contributed by atoms with Gasteiger partial charge in [0.1, 0.15) is 6.33 Å². The molecule has 0 radical (unpaired) electrons. The van der Waals surface area contributed by atoms with Crippen molar-refractivity contribution in [2.75, 3.05) is 11.1 Å². The van der Waals surface area contributed by atoms with Gasteiger partial charge in [-0.25, -0.2) is 0 Å². The van der Waals surface area contributed by atoms with E-state index in [2.05, 4.69) is 27.8 Å². The first kappa shape index (κ1) is 19.4. The third-order valence-corrected chi connectivity index (χ3v) is 5.25. The quantitative estimate of drug-likeness (QED) is 0.483. The molecule has 144 valence electrons. The van der Waals surface area contributed by atoms with Crippen molar-refractivity contribution < 1.29 is 9.59 Å². The zero-order chi connectivity index (χ0) is 19.1. The van der Waals surface area contributed by atoms with Crippen molar-refractivity contribution in [2.24, 2.45) is 0 Å². The first-order valence-corrected chi connectivity index (χ1v) is 10.4. The predicted molar refractivity (Wildman–Crippen MR) is 106 cm³/mol. The molecule has 0 spiro atoms. The van der Waals surface area contributed by atoms with E-state index < -0.39 is 0 Å². The minimum absolute atomic E-state index is 0.142. The van der Waals surface area contributed by atoms with Crippen molar-refractivity contribution in [2.45, 2.75) is 56.8 Å². The van der Waals surface area contributed by atoms with E-state index >= 15 is 0 Å². The number of aromatic nitrogens is 3. The van der Waals surface area contributed by atoms with Crippen LogP contribution >= 0.6 is 11.8 Å². The normalized spacial score (nSPS) is 13.4. The van der Waals surface area contributed by atoms with Crippen molar-refractivity contribution in [3.8, 4) is 0 Å². The summed E-state index contributed by atoms with van der Waals surface area (Å²) in [5.41, 5.74) is 1.02. The highest BCUT2D eigenvalue weighted by Crippen LogP contribution is 2.22. The maximum Gasteiger partial charge on any atom is 0.253 e. The summed E-state index contributed by atoms with van der Waals surface area (Å²) in [5.74, 6) is -0.100. The molecule has 2 aromatic rings. The first-order valence-electron chi connectivity index (χ1n) is 9.37. The van der Waals surface area contributed by atoms with Gasteiger partial charge in [-0.3, -0.25) is 9.59 Å². The molecule has 0 saturated heterocycles. The number of anilines is 1. The molecule has 1 aromatic carbocycles. The Bertz CT molecular complexity index is 788. The van der Waals surface area contributed by atoms with Crippen LogP contribution in [0.3, 0.4) is 0 Å². The first-order chi connectivity index (χ1) is 13.2. The Hall–Kier alpha value is -2.35. The largest absolute Gasteiger partial charge is 0.349 e. The lowest BCUT2D eigenvalue weighted by molar-refractivity contribution is -0.113. The standard InChI is InChI=1S/C19H25N5O2S/c1-2-3-6-11-24-13-20-23-19(24)27-12-17(25)22-16-8-5-4-7-15(16)18(26)21-14-9-10-14/h4-5,7-8,13-14H,2-3,6,9-12H2,1H3,(H,21,26)(H,22,25). The molecule has 1 saturated carbocycles. The van der Waals surface area contributed by atoms with Gasteiger partial charge in [0.15, 0.2) is 5.16 Å². The number of thioether (sulfide) groups is 1. The summed E-state index contributed by atoms with van der Waals surface area (Å²) in [6.45, 7) is 3.02. The maximum absolute atomic E-state index is 12.4. The Morgan fingerprint density at radius 2 is 2.07 bits per heavy atom. The number of hydrogen-bond acceptors (Lipinski definition) is 5. The molecule has 2 N–H and O–H groups in total. The van der Waals surface area contributed by atoms with Crippen LogP contribution in [0.1, 0.15) is 49.4 Å². The molecule has 1 fully saturated rings. The van der Waals surface area contributed by atoms with Crippen molar-refractivity contribution in [3.63, 3.8) is 0 Å². The predicted octanol–water partition coefficient (Wildman–Crippen LogP) is 3.09. The molecule has 0 atom stereocenters. The van der Waals surface area contributed by atoms with Gasteiger partial charge in [0, 0.05) is 12.6 Å². The fraction of sp³-hybridized carbons (Fsp3) is 0.474. The number of para-hydroxylation sites is 1. The molecule has 1 aliphatic rings. The Balaban J connectivity index is 1.54. The molecular formula is C19H25N5O2S. The highest BCUT2D eigenvalue weighted by atomic mass is 32.2. The van der Waals surface area contributed by atoms with Gasteiger partial charge in [0.05, 0.1) is 17.0 Å². The lowest BCUT2D eigenvalue weighted by Gasteiger charge is -2.11. The summed E-state index contributed by atoms with van der Waals surface area (Å²) in [7, 11) is 0. The number of hydrogen-bond donors (Lipinski definition) is 2. The maximum atomic E-state index is 12.4. The van der Waals surface area contributed by atoms with Gasteiger partial charge in [0.2, 0.25) is 5.91 Å². The second kappa shape index (κ2) is 9.55. The molecule has 8 heteroatoms. The molecule has 1 aromatic heterocycles. The summed E-state index contributed by atoms with van der Waals surface area (Å²) in [6.07, 6.45) is 7.13. The van der Waals surface area contributed by atoms with Crippen molar-refractivity contribution >= 4 is 29.3 Å². The molecule has 1 heterocycles. The average molecular weight is 388 g/mol. The Kier molecular flexibility index (Phi) is 6.86. The van der Waals surface area contributed by atoms with Crippen LogP contribution in [0.25, 0.3) is 0 Å². The molecule has 0 unspecified atom stereocenters. The number of aryl methyl sites for hydroxylation is 1. The van der Waals surface area contributed by atoms with Crippen molar-refractivity contribution in [1.82, 2.24) is 20.1 Å². The molecule has 0 aliphatic heterocycles. The highest BCUT2D eigenvalue weighted by molar-refractivity contribution is 7.99. The van der Waals surface area contributed by atoms with E-state index in [4.69, 9.17) is 0 Å². The molecule has 0 bridgehead atoms. The number of rotatable bonds is 10. The molecule has 2 amide bonds. The van der Waals surface area contributed by atoms with Gasteiger partial charge in [-0.2, -0.15) is 0 Å².